The van der Waals surface area contributed by atoms with Crippen molar-refractivity contribution in [1.82, 2.24) is 10.6 Å². The summed E-state index contributed by atoms with van der Waals surface area (Å²) in [5, 5.41) is 1.28. The number of nitrogens with one attached hydrogen (secondary N) is 1. The van der Waals surface area contributed by atoms with Crippen molar-refractivity contribution >= 4 is 6.09 Å². The lowest BCUT2D eigenvalue weighted by atomic mass is 10.2. The Morgan fingerprint density at radius 1 is 1.28 bits per heavy atom. The van der Waals surface area contributed by atoms with Gasteiger partial charge in [-0.15, -0.1) is 5.59 Å². The zero-order valence-corrected chi connectivity index (χ0v) is 11.3. The van der Waals surface area contributed by atoms with Crippen molar-refractivity contribution in [3.8, 4) is 0 Å². The van der Waals surface area contributed by atoms with Crippen molar-refractivity contribution in [2.24, 2.45) is 0 Å². The normalized spacial score (nSPS) is 11.1. The predicted molar refractivity (Wildman–Crippen MR) is 68.4 cm³/mol. The van der Waals surface area contributed by atoms with Crippen LogP contribution in [0.25, 0.3) is 0 Å². The third-order valence-corrected chi connectivity index (χ3v) is 2.00. The third-order valence-electron chi connectivity index (χ3n) is 2.00. The van der Waals surface area contributed by atoms with Gasteiger partial charge in [0.15, 0.2) is 0 Å². The second-order valence-electron chi connectivity index (χ2n) is 4.85. The van der Waals surface area contributed by atoms with Crippen LogP contribution in [0.4, 0.5) is 4.79 Å². The van der Waals surface area contributed by atoms with Gasteiger partial charge in [0.25, 0.3) is 0 Å². The van der Waals surface area contributed by atoms with Crippen LogP contribution in [0.1, 0.15) is 26.3 Å². The SMILES string of the molecule is CONN(Cc1ccccc1)C(=O)OC(C)(C)C. The number of benzene rings is 1. The second-order valence-corrected chi connectivity index (χ2v) is 4.85. The van der Waals surface area contributed by atoms with Crippen molar-refractivity contribution in [3.05, 3.63) is 35.9 Å². The van der Waals surface area contributed by atoms with E-state index in [4.69, 9.17) is 9.57 Å². The van der Waals surface area contributed by atoms with Crippen LogP contribution in [0.2, 0.25) is 0 Å². The number of amides is 1. The van der Waals surface area contributed by atoms with Crippen LogP contribution in [0.3, 0.4) is 0 Å². The molecule has 0 heterocycles. The minimum absolute atomic E-state index is 0.365. The molecule has 5 nitrogen and oxygen atoms in total. The van der Waals surface area contributed by atoms with Crippen LogP contribution < -0.4 is 5.59 Å². The smallest absolute Gasteiger partial charge is 0.426 e. The van der Waals surface area contributed by atoms with Gasteiger partial charge >= 0.3 is 6.09 Å². The van der Waals surface area contributed by atoms with Gasteiger partial charge in [-0.3, -0.25) is 4.84 Å². The Kier molecular flexibility index (Phi) is 5.12. The zero-order chi connectivity index (χ0) is 13.6. The van der Waals surface area contributed by atoms with Crippen LogP contribution in [0, 0.1) is 0 Å². The Morgan fingerprint density at radius 3 is 2.39 bits per heavy atom. The van der Waals surface area contributed by atoms with E-state index in [1.807, 2.05) is 51.1 Å². The highest BCUT2D eigenvalue weighted by Gasteiger charge is 2.22. The highest BCUT2D eigenvalue weighted by molar-refractivity contribution is 5.67. The minimum Gasteiger partial charge on any atom is -0.443 e. The molecule has 0 unspecified atom stereocenters. The third kappa shape index (κ3) is 5.16. The molecule has 0 bridgehead atoms. The van der Waals surface area contributed by atoms with Gasteiger partial charge in [0.1, 0.15) is 5.60 Å². The van der Waals surface area contributed by atoms with E-state index in [9.17, 15) is 4.79 Å². The molecule has 0 saturated carbocycles. The summed E-state index contributed by atoms with van der Waals surface area (Å²) in [5.74, 6) is 0. The lowest BCUT2D eigenvalue weighted by Gasteiger charge is -2.26. The number of carbonyl (C=O) groups excluding carboxylic acids is 1. The largest absolute Gasteiger partial charge is 0.443 e. The van der Waals surface area contributed by atoms with Gasteiger partial charge in [0, 0.05) is 0 Å². The lowest BCUT2D eigenvalue weighted by molar-refractivity contribution is -0.0702. The van der Waals surface area contributed by atoms with Gasteiger partial charge < -0.3 is 4.74 Å². The van der Waals surface area contributed by atoms with E-state index in [0.29, 0.717) is 6.54 Å². The Hall–Kier alpha value is -1.59. The maximum Gasteiger partial charge on any atom is 0.426 e. The highest BCUT2D eigenvalue weighted by atomic mass is 16.7. The summed E-state index contributed by atoms with van der Waals surface area (Å²) in [5.41, 5.74) is 2.95. The van der Waals surface area contributed by atoms with Gasteiger partial charge in [0.05, 0.1) is 13.7 Å². The molecule has 0 aliphatic rings. The lowest BCUT2D eigenvalue weighted by Crippen LogP contribution is -2.44. The number of hydrogen-bond acceptors (Lipinski definition) is 4. The summed E-state index contributed by atoms with van der Waals surface area (Å²) < 4.78 is 5.27. The first-order chi connectivity index (χ1) is 8.42. The maximum atomic E-state index is 11.9. The number of ether oxygens (including phenoxy) is 1. The molecule has 1 aromatic carbocycles. The molecule has 1 rings (SSSR count). The van der Waals surface area contributed by atoms with E-state index in [-0.39, 0.29) is 0 Å². The van der Waals surface area contributed by atoms with E-state index < -0.39 is 11.7 Å². The monoisotopic (exact) mass is 252 g/mol. The molecule has 0 aromatic heterocycles. The molecule has 0 radical (unpaired) electrons. The molecule has 18 heavy (non-hydrogen) atoms. The molecule has 1 N–H and O–H groups in total. The highest BCUT2D eigenvalue weighted by Crippen LogP contribution is 2.11. The molecule has 0 atom stereocenters. The molecular formula is C13H20N2O3. The van der Waals surface area contributed by atoms with Crippen molar-refractivity contribution in [1.29, 1.82) is 0 Å². The van der Waals surface area contributed by atoms with Crippen LogP contribution in [0.5, 0.6) is 0 Å². The average Bonchev–Trinajstić information content (AvgIpc) is 2.27. The summed E-state index contributed by atoms with van der Waals surface area (Å²) in [6.07, 6.45) is -0.479. The van der Waals surface area contributed by atoms with Crippen molar-refractivity contribution in [3.63, 3.8) is 0 Å². The number of hydrogen-bond donors (Lipinski definition) is 1. The Balaban J connectivity index is 2.68. The van der Waals surface area contributed by atoms with Gasteiger partial charge in [-0.2, -0.15) is 0 Å². The Morgan fingerprint density at radius 2 is 1.89 bits per heavy atom. The van der Waals surface area contributed by atoms with E-state index >= 15 is 0 Å². The Labute approximate surface area is 108 Å². The second kappa shape index (κ2) is 6.37. The summed E-state index contributed by atoms with van der Waals surface area (Å²) >= 11 is 0. The Bertz CT molecular complexity index is 374. The minimum atomic E-state index is -0.540. The molecule has 0 fully saturated rings. The van der Waals surface area contributed by atoms with Crippen LogP contribution in [-0.2, 0) is 16.1 Å². The summed E-state index contributed by atoms with van der Waals surface area (Å²) in [7, 11) is 1.45. The summed E-state index contributed by atoms with van der Waals surface area (Å²) in [6.45, 7) is 5.82. The van der Waals surface area contributed by atoms with Crippen molar-refractivity contribution < 1.29 is 14.4 Å². The van der Waals surface area contributed by atoms with Gasteiger partial charge in [-0.05, 0) is 26.3 Å². The van der Waals surface area contributed by atoms with Gasteiger partial charge in [0.2, 0.25) is 0 Å². The van der Waals surface area contributed by atoms with E-state index in [0.717, 1.165) is 5.56 Å². The molecule has 1 amide bonds. The predicted octanol–water partition coefficient (Wildman–Crippen LogP) is 2.49. The molecule has 5 heteroatoms. The molecular weight excluding hydrogens is 232 g/mol. The summed E-state index contributed by atoms with van der Waals surface area (Å²) in [6, 6.07) is 9.60. The van der Waals surface area contributed by atoms with Crippen molar-refractivity contribution in [2.75, 3.05) is 7.11 Å². The topological polar surface area (TPSA) is 50.8 Å². The zero-order valence-electron chi connectivity index (χ0n) is 11.3. The van der Waals surface area contributed by atoms with Crippen LogP contribution in [0.15, 0.2) is 30.3 Å². The van der Waals surface area contributed by atoms with Gasteiger partial charge in [-0.25, -0.2) is 9.80 Å². The molecule has 100 valence electrons. The molecule has 1 aromatic rings. The first-order valence-electron chi connectivity index (χ1n) is 5.75. The average molecular weight is 252 g/mol. The number of nitrogens with zero attached hydrogens (tertiary/aromatic N) is 1. The first-order valence-corrected chi connectivity index (χ1v) is 5.75. The van der Waals surface area contributed by atoms with E-state index in [2.05, 4.69) is 5.59 Å². The number of rotatable bonds is 4. The van der Waals surface area contributed by atoms with E-state index in [1.165, 1.54) is 12.1 Å². The first kappa shape index (κ1) is 14.5. The quantitative estimate of drug-likeness (QED) is 0.836. The fourth-order valence-corrected chi connectivity index (χ4v) is 1.33. The van der Waals surface area contributed by atoms with Crippen LogP contribution in [-0.4, -0.2) is 23.8 Å². The fraction of sp³-hybridized carbons (Fsp3) is 0.462. The molecule has 0 saturated heterocycles. The van der Waals surface area contributed by atoms with Crippen LogP contribution >= 0.6 is 0 Å². The summed E-state index contributed by atoms with van der Waals surface area (Å²) in [4.78, 5) is 16.7. The van der Waals surface area contributed by atoms with Gasteiger partial charge in [-0.1, -0.05) is 30.3 Å². The fourth-order valence-electron chi connectivity index (χ4n) is 1.33. The molecule has 0 spiro atoms. The maximum absolute atomic E-state index is 11.9. The number of carbonyl (C=O) groups is 1. The standard InChI is InChI=1S/C13H20N2O3/c1-13(2,3)18-12(16)15(14-17-4)10-11-8-6-5-7-9-11/h5-9,14H,10H2,1-4H3. The molecule has 0 aliphatic carbocycles. The number of hydrazine groups is 1. The van der Waals surface area contributed by atoms with E-state index in [1.54, 1.807) is 0 Å². The van der Waals surface area contributed by atoms with Crippen molar-refractivity contribution in [2.45, 2.75) is 32.9 Å². The molecule has 0 aliphatic heterocycles.